The lowest BCUT2D eigenvalue weighted by atomic mass is 10.2. The van der Waals surface area contributed by atoms with Crippen LogP contribution in [-0.4, -0.2) is 34.6 Å². The molecule has 2 N–H and O–H groups in total. The Labute approximate surface area is 114 Å². The highest BCUT2D eigenvalue weighted by Crippen LogP contribution is 2.15. The molecule has 0 saturated heterocycles. The van der Waals surface area contributed by atoms with Crippen LogP contribution < -0.4 is 10.6 Å². The molecule has 1 unspecified atom stereocenters. The largest absolute Gasteiger partial charge is 0.367 e. The molecular weight excluding hydrogens is 244 g/mol. The van der Waals surface area contributed by atoms with Crippen LogP contribution in [0.15, 0.2) is 6.20 Å². The predicted molar refractivity (Wildman–Crippen MR) is 81.6 cm³/mol. The maximum absolute atomic E-state index is 4.52. The van der Waals surface area contributed by atoms with Crippen molar-refractivity contribution < 1.29 is 0 Å². The fraction of sp³-hybridized carbons (Fsp3) is 0.692. The molecule has 1 rings (SSSR count). The number of anilines is 2. The van der Waals surface area contributed by atoms with Gasteiger partial charge in [-0.05, 0) is 38.7 Å². The molecule has 0 saturated carbocycles. The van der Waals surface area contributed by atoms with E-state index >= 15 is 0 Å². The van der Waals surface area contributed by atoms with Crippen LogP contribution >= 0.6 is 11.8 Å². The number of hydrogen-bond donors (Lipinski definition) is 2. The Hall–Kier alpha value is -0.970. The summed E-state index contributed by atoms with van der Waals surface area (Å²) in [6.07, 6.45) is 6.22. The molecule has 102 valence electrons. The zero-order chi connectivity index (χ0) is 13.4. The summed E-state index contributed by atoms with van der Waals surface area (Å²) in [6, 6.07) is 0.435. The topological polar surface area (TPSA) is 49.8 Å². The van der Waals surface area contributed by atoms with Gasteiger partial charge in [-0.25, -0.2) is 4.98 Å². The van der Waals surface area contributed by atoms with Gasteiger partial charge in [0.05, 0.1) is 0 Å². The fourth-order valence-electron chi connectivity index (χ4n) is 1.51. The van der Waals surface area contributed by atoms with Gasteiger partial charge in [0.2, 0.25) is 5.95 Å². The standard InChI is InChI=1S/C13H24N4S/c1-5-7-14-13-15-9-10(2)12(17-13)16-11(3)6-8-18-4/h9,11H,5-8H2,1-4H3,(H2,14,15,16,17). The Morgan fingerprint density at radius 3 is 2.89 bits per heavy atom. The van der Waals surface area contributed by atoms with E-state index in [4.69, 9.17) is 0 Å². The summed E-state index contributed by atoms with van der Waals surface area (Å²) >= 11 is 1.87. The third-order valence-corrected chi connectivity index (χ3v) is 3.29. The number of nitrogens with zero attached hydrogens (tertiary/aromatic N) is 2. The van der Waals surface area contributed by atoms with Crippen LogP contribution in [0, 0.1) is 6.92 Å². The Morgan fingerprint density at radius 2 is 2.22 bits per heavy atom. The number of aryl methyl sites for hydroxylation is 1. The molecule has 0 radical (unpaired) electrons. The van der Waals surface area contributed by atoms with Crippen molar-refractivity contribution in [3.63, 3.8) is 0 Å². The van der Waals surface area contributed by atoms with E-state index in [1.54, 1.807) is 0 Å². The predicted octanol–water partition coefficient (Wildman–Crippen LogP) is 3.16. The zero-order valence-corrected chi connectivity index (χ0v) is 12.6. The normalized spacial score (nSPS) is 12.2. The van der Waals surface area contributed by atoms with Crippen molar-refractivity contribution in [2.24, 2.45) is 0 Å². The molecule has 0 aliphatic rings. The van der Waals surface area contributed by atoms with E-state index in [0.29, 0.717) is 12.0 Å². The quantitative estimate of drug-likeness (QED) is 0.758. The molecule has 0 aliphatic heterocycles. The maximum Gasteiger partial charge on any atom is 0.224 e. The highest BCUT2D eigenvalue weighted by molar-refractivity contribution is 7.98. The maximum atomic E-state index is 4.52. The number of aromatic nitrogens is 2. The van der Waals surface area contributed by atoms with Crippen LogP contribution in [0.1, 0.15) is 32.3 Å². The second kappa shape index (κ2) is 8.19. The second-order valence-electron chi connectivity index (χ2n) is 4.48. The van der Waals surface area contributed by atoms with Crippen molar-refractivity contribution in [2.45, 2.75) is 39.7 Å². The van der Waals surface area contributed by atoms with Crippen LogP contribution in [-0.2, 0) is 0 Å². The molecule has 0 bridgehead atoms. The van der Waals surface area contributed by atoms with Gasteiger partial charge in [-0.15, -0.1) is 0 Å². The summed E-state index contributed by atoms with van der Waals surface area (Å²) in [5, 5.41) is 6.67. The summed E-state index contributed by atoms with van der Waals surface area (Å²) in [5.74, 6) is 2.82. The van der Waals surface area contributed by atoms with Crippen molar-refractivity contribution in [2.75, 3.05) is 29.2 Å². The summed E-state index contributed by atoms with van der Waals surface area (Å²) in [4.78, 5) is 8.80. The van der Waals surface area contributed by atoms with Crippen molar-refractivity contribution in [1.82, 2.24) is 9.97 Å². The first-order valence-corrected chi connectivity index (χ1v) is 7.89. The molecule has 1 aromatic rings. The van der Waals surface area contributed by atoms with E-state index in [-0.39, 0.29) is 0 Å². The molecule has 5 heteroatoms. The summed E-state index contributed by atoms with van der Waals surface area (Å²) in [7, 11) is 0. The minimum atomic E-state index is 0.435. The minimum Gasteiger partial charge on any atom is -0.367 e. The van der Waals surface area contributed by atoms with Gasteiger partial charge in [-0.2, -0.15) is 16.7 Å². The minimum absolute atomic E-state index is 0.435. The Kier molecular flexibility index (Phi) is 6.86. The van der Waals surface area contributed by atoms with Crippen molar-refractivity contribution in [1.29, 1.82) is 0 Å². The van der Waals surface area contributed by atoms with E-state index in [0.717, 1.165) is 30.8 Å². The molecule has 4 nitrogen and oxygen atoms in total. The van der Waals surface area contributed by atoms with E-state index in [1.807, 2.05) is 24.9 Å². The van der Waals surface area contributed by atoms with Gasteiger partial charge >= 0.3 is 0 Å². The van der Waals surface area contributed by atoms with Crippen LogP contribution in [0.25, 0.3) is 0 Å². The van der Waals surface area contributed by atoms with E-state index in [2.05, 4.69) is 40.7 Å². The van der Waals surface area contributed by atoms with Gasteiger partial charge in [-0.1, -0.05) is 6.92 Å². The van der Waals surface area contributed by atoms with Crippen LogP contribution in [0.2, 0.25) is 0 Å². The third-order valence-electron chi connectivity index (χ3n) is 2.64. The van der Waals surface area contributed by atoms with Crippen molar-refractivity contribution in [3.05, 3.63) is 11.8 Å². The average molecular weight is 268 g/mol. The monoisotopic (exact) mass is 268 g/mol. The number of rotatable bonds is 8. The summed E-state index contributed by atoms with van der Waals surface area (Å²) < 4.78 is 0. The number of nitrogens with one attached hydrogen (secondary N) is 2. The van der Waals surface area contributed by atoms with E-state index in [9.17, 15) is 0 Å². The fourth-order valence-corrected chi connectivity index (χ4v) is 2.10. The van der Waals surface area contributed by atoms with Gasteiger partial charge < -0.3 is 10.6 Å². The van der Waals surface area contributed by atoms with E-state index in [1.165, 1.54) is 5.75 Å². The second-order valence-corrected chi connectivity index (χ2v) is 5.46. The highest BCUT2D eigenvalue weighted by atomic mass is 32.2. The molecule has 18 heavy (non-hydrogen) atoms. The van der Waals surface area contributed by atoms with Crippen molar-refractivity contribution in [3.8, 4) is 0 Å². The first-order valence-electron chi connectivity index (χ1n) is 6.50. The van der Waals surface area contributed by atoms with E-state index < -0.39 is 0 Å². The molecule has 0 spiro atoms. The molecular formula is C13H24N4S. The van der Waals surface area contributed by atoms with Gasteiger partial charge in [-0.3, -0.25) is 0 Å². The molecule has 1 atom stereocenters. The molecule has 1 heterocycles. The molecule has 0 aromatic carbocycles. The lowest BCUT2D eigenvalue weighted by Gasteiger charge is -2.16. The average Bonchev–Trinajstić information content (AvgIpc) is 2.37. The van der Waals surface area contributed by atoms with Crippen molar-refractivity contribution >= 4 is 23.5 Å². The zero-order valence-electron chi connectivity index (χ0n) is 11.8. The molecule has 0 aliphatic carbocycles. The smallest absolute Gasteiger partial charge is 0.224 e. The molecule has 0 fully saturated rings. The van der Waals surface area contributed by atoms with Crippen LogP contribution in [0.3, 0.4) is 0 Å². The van der Waals surface area contributed by atoms with Crippen LogP contribution in [0.4, 0.5) is 11.8 Å². The highest BCUT2D eigenvalue weighted by Gasteiger charge is 2.07. The third kappa shape index (κ3) is 5.12. The molecule has 1 aromatic heterocycles. The Morgan fingerprint density at radius 1 is 1.44 bits per heavy atom. The Bertz CT molecular complexity index is 357. The Balaban J connectivity index is 2.62. The first-order chi connectivity index (χ1) is 8.67. The lowest BCUT2D eigenvalue weighted by Crippen LogP contribution is -2.18. The first kappa shape index (κ1) is 15.1. The van der Waals surface area contributed by atoms with Crippen LogP contribution in [0.5, 0.6) is 0 Å². The van der Waals surface area contributed by atoms with Gasteiger partial charge in [0.15, 0.2) is 0 Å². The van der Waals surface area contributed by atoms with Gasteiger partial charge in [0, 0.05) is 24.3 Å². The number of hydrogen-bond acceptors (Lipinski definition) is 5. The number of thioether (sulfide) groups is 1. The molecule has 0 amide bonds. The van der Waals surface area contributed by atoms with Gasteiger partial charge in [0.1, 0.15) is 5.82 Å². The lowest BCUT2D eigenvalue weighted by molar-refractivity contribution is 0.764. The van der Waals surface area contributed by atoms with Gasteiger partial charge in [0.25, 0.3) is 0 Å². The summed E-state index contributed by atoms with van der Waals surface area (Å²) in [6.45, 7) is 7.26. The SMILES string of the molecule is CCCNc1ncc(C)c(NC(C)CCSC)n1. The summed E-state index contributed by atoms with van der Waals surface area (Å²) in [5.41, 5.74) is 1.09.